The van der Waals surface area contributed by atoms with Gasteiger partial charge in [0.1, 0.15) is 0 Å². The van der Waals surface area contributed by atoms with Crippen LogP contribution in [0.15, 0.2) is 30.3 Å². The molecule has 116 valence electrons. The lowest BCUT2D eigenvalue weighted by atomic mass is 9.94. The van der Waals surface area contributed by atoms with Crippen molar-refractivity contribution in [2.45, 2.75) is 37.6 Å². The number of benzene rings is 1. The Balaban J connectivity index is 2.12. The highest BCUT2D eigenvalue weighted by molar-refractivity contribution is 5.78. The smallest absolute Gasteiger partial charge is 0.314 e. The average Bonchev–Trinajstić information content (AvgIpc) is 2.54. The molecule has 0 bridgehead atoms. The zero-order valence-corrected chi connectivity index (χ0v) is 12.7. The zero-order chi connectivity index (χ0) is 15.1. The molecular formula is C17H25NO3. The van der Waals surface area contributed by atoms with Crippen molar-refractivity contribution in [1.29, 1.82) is 0 Å². The summed E-state index contributed by atoms with van der Waals surface area (Å²) in [5, 5.41) is 9.22. The van der Waals surface area contributed by atoms with Crippen LogP contribution in [0.2, 0.25) is 0 Å². The van der Waals surface area contributed by atoms with Gasteiger partial charge in [-0.3, -0.25) is 9.69 Å². The Hall–Kier alpha value is -1.39. The molecule has 1 saturated heterocycles. The molecule has 0 spiro atoms. The summed E-state index contributed by atoms with van der Waals surface area (Å²) in [6.45, 7) is 1.86. The van der Waals surface area contributed by atoms with Gasteiger partial charge in [-0.25, -0.2) is 0 Å². The Bertz CT molecular complexity index is 433. The van der Waals surface area contributed by atoms with E-state index in [4.69, 9.17) is 4.74 Å². The van der Waals surface area contributed by atoms with Crippen molar-refractivity contribution in [3.8, 4) is 0 Å². The van der Waals surface area contributed by atoms with Crippen LogP contribution in [0.25, 0.3) is 0 Å². The van der Waals surface area contributed by atoms with Crippen LogP contribution >= 0.6 is 0 Å². The Morgan fingerprint density at radius 1 is 1.38 bits per heavy atom. The number of hydrogen-bond acceptors (Lipinski definition) is 4. The second-order valence-electron chi connectivity index (χ2n) is 5.64. The third-order valence-corrected chi connectivity index (χ3v) is 4.32. The Morgan fingerprint density at radius 3 is 2.81 bits per heavy atom. The van der Waals surface area contributed by atoms with Crippen molar-refractivity contribution >= 4 is 5.97 Å². The first-order valence-electron chi connectivity index (χ1n) is 7.74. The lowest BCUT2D eigenvalue weighted by Crippen LogP contribution is -2.43. The first-order valence-corrected chi connectivity index (χ1v) is 7.74. The number of carbonyl (C=O) groups is 1. The number of aliphatic hydroxyl groups is 1. The minimum Gasteiger partial charge on any atom is -0.469 e. The number of hydrogen-bond donors (Lipinski definition) is 1. The molecule has 4 nitrogen and oxygen atoms in total. The molecule has 2 rings (SSSR count). The summed E-state index contributed by atoms with van der Waals surface area (Å²) in [5.41, 5.74) is 0.998. The molecule has 1 aliphatic rings. The van der Waals surface area contributed by atoms with Crippen LogP contribution in [-0.2, 0) is 9.53 Å². The fraction of sp³-hybridized carbons (Fsp3) is 0.588. The van der Waals surface area contributed by atoms with E-state index in [1.54, 1.807) is 0 Å². The van der Waals surface area contributed by atoms with Crippen molar-refractivity contribution < 1.29 is 14.6 Å². The molecule has 0 radical (unpaired) electrons. The van der Waals surface area contributed by atoms with Gasteiger partial charge >= 0.3 is 5.97 Å². The maximum absolute atomic E-state index is 12.2. The number of aliphatic hydroxyl groups excluding tert-OH is 1. The van der Waals surface area contributed by atoms with E-state index < -0.39 is 0 Å². The second-order valence-corrected chi connectivity index (χ2v) is 5.64. The molecule has 0 aromatic heterocycles. The minimum absolute atomic E-state index is 0.186. The summed E-state index contributed by atoms with van der Waals surface area (Å²) in [4.78, 5) is 14.5. The lowest BCUT2D eigenvalue weighted by molar-refractivity contribution is -0.143. The number of ether oxygens (including phenoxy) is 1. The van der Waals surface area contributed by atoms with E-state index in [1.807, 2.05) is 30.3 Å². The maximum atomic E-state index is 12.2. The summed E-state index contributed by atoms with van der Waals surface area (Å²) in [5.74, 6) is -0.440. The predicted molar refractivity (Wildman–Crippen MR) is 82.1 cm³/mol. The summed E-state index contributed by atoms with van der Waals surface area (Å²) >= 11 is 0. The number of nitrogens with zero attached hydrogens (tertiary/aromatic N) is 1. The number of esters is 1. The fourth-order valence-electron chi connectivity index (χ4n) is 3.15. The molecule has 0 amide bonds. The highest BCUT2D eigenvalue weighted by Gasteiger charge is 2.29. The highest BCUT2D eigenvalue weighted by Crippen LogP contribution is 2.25. The molecule has 1 aromatic rings. The standard InChI is InChI=1S/C17H25NO3/c1-21-17(20)16(14-7-3-2-4-8-14)13-18-11-6-5-9-15(18)10-12-19/h2-4,7-8,15-16,19H,5-6,9-13H2,1H3. The van der Waals surface area contributed by atoms with Crippen LogP contribution in [0.3, 0.4) is 0 Å². The normalized spacial score (nSPS) is 21.0. The number of likely N-dealkylation sites (tertiary alicyclic amines) is 1. The van der Waals surface area contributed by atoms with Gasteiger partial charge in [-0.15, -0.1) is 0 Å². The largest absolute Gasteiger partial charge is 0.469 e. The summed E-state index contributed by atoms with van der Waals surface area (Å²) < 4.78 is 4.99. The van der Waals surface area contributed by atoms with Gasteiger partial charge in [0.2, 0.25) is 0 Å². The van der Waals surface area contributed by atoms with Gasteiger partial charge in [-0.05, 0) is 31.4 Å². The SMILES string of the molecule is COC(=O)C(CN1CCCCC1CCO)c1ccccc1. The third-order valence-electron chi connectivity index (χ3n) is 4.32. The second kappa shape index (κ2) is 8.15. The van der Waals surface area contributed by atoms with Gasteiger partial charge in [0.25, 0.3) is 0 Å². The topological polar surface area (TPSA) is 49.8 Å². The van der Waals surface area contributed by atoms with Gasteiger partial charge in [0.05, 0.1) is 13.0 Å². The Kier molecular flexibility index (Phi) is 6.21. The first kappa shape index (κ1) is 16.0. The van der Waals surface area contributed by atoms with Crippen molar-refractivity contribution in [2.24, 2.45) is 0 Å². The van der Waals surface area contributed by atoms with Gasteiger partial charge < -0.3 is 9.84 Å². The average molecular weight is 291 g/mol. The molecule has 2 atom stereocenters. The predicted octanol–water partition coefficient (Wildman–Crippen LogP) is 2.18. The molecule has 0 saturated carbocycles. The van der Waals surface area contributed by atoms with E-state index >= 15 is 0 Å². The van der Waals surface area contributed by atoms with E-state index in [2.05, 4.69) is 4.90 Å². The number of piperidine rings is 1. The van der Waals surface area contributed by atoms with Crippen LogP contribution in [0.1, 0.15) is 37.2 Å². The lowest BCUT2D eigenvalue weighted by Gasteiger charge is -2.37. The van der Waals surface area contributed by atoms with Crippen LogP contribution in [0.4, 0.5) is 0 Å². The fourth-order valence-corrected chi connectivity index (χ4v) is 3.15. The molecule has 1 fully saturated rings. The molecule has 4 heteroatoms. The van der Waals surface area contributed by atoms with E-state index in [0.717, 1.165) is 31.4 Å². The molecule has 2 unspecified atom stereocenters. The summed E-state index contributed by atoms with van der Waals surface area (Å²) in [6, 6.07) is 10.2. The molecule has 21 heavy (non-hydrogen) atoms. The number of rotatable bonds is 6. The van der Waals surface area contributed by atoms with Gasteiger partial charge in [0.15, 0.2) is 0 Å². The summed E-state index contributed by atoms with van der Waals surface area (Å²) in [6.07, 6.45) is 4.24. The van der Waals surface area contributed by atoms with Crippen LogP contribution in [-0.4, -0.2) is 48.8 Å². The van der Waals surface area contributed by atoms with Crippen LogP contribution < -0.4 is 0 Å². The van der Waals surface area contributed by atoms with Gasteiger partial charge in [0, 0.05) is 19.2 Å². The Labute approximate surface area is 126 Å². The van der Waals surface area contributed by atoms with E-state index in [-0.39, 0.29) is 18.5 Å². The quantitative estimate of drug-likeness (QED) is 0.816. The number of methoxy groups -OCH3 is 1. The van der Waals surface area contributed by atoms with Gasteiger partial charge in [-0.1, -0.05) is 36.8 Å². The zero-order valence-electron chi connectivity index (χ0n) is 12.7. The molecule has 1 aromatic carbocycles. The molecule has 1 heterocycles. The van der Waals surface area contributed by atoms with Crippen molar-refractivity contribution in [3.05, 3.63) is 35.9 Å². The molecular weight excluding hydrogens is 266 g/mol. The van der Waals surface area contributed by atoms with Gasteiger partial charge in [-0.2, -0.15) is 0 Å². The number of carbonyl (C=O) groups excluding carboxylic acids is 1. The minimum atomic E-state index is -0.254. The summed E-state index contributed by atoms with van der Waals surface area (Å²) in [7, 11) is 1.44. The molecule has 1 aliphatic heterocycles. The van der Waals surface area contributed by atoms with Crippen molar-refractivity contribution in [3.63, 3.8) is 0 Å². The molecule has 1 N–H and O–H groups in total. The van der Waals surface area contributed by atoms with E-state index in [9.17, 15) is 9.90 Å². The van der Waals surface area contributed by atoms with E-state index in [1.165, 1.54) is 13.5 Å². The van der Waals surface area contributed by atoms with Crippen molar-refractivity contribution in [1.82, 2.24) is 4.90 Å². The molecule has 0 aliphatic carbocycles. The monoisotopic (exact) mass is 291 g/mol. The third kappa shape index (κ3) is 4.29. The van der Waals surface area contributed by atoms with Crippen LogP contribution in [0.5, 0.6) is 0 Å². The van der Waals surface area contributed by atoms with Crippen LogP contribution in [0, 0.1) is 0 Å². The maximum Gasteiger partial charge on any atom is 0.314 e. The highest BCUT2D eigenvalue weighted by atomic mass is 16.5. The van der Waals surface area contributed by atoms with E-state index in [0.29, 0.717) is 12.6 Å². The van der Waals surface area contributed by atoms with Crippen molar-refractivity contribution in [2.75, 3.05) is 26.8 Å². The first-order chi connectivity index (χ1) is 10.3. The Morgan fingerprint density at radius 2 is 2.14 bits per heavy atom.